The van der Waals surface area contributed by atoms with Crippen molar-refractivity contribution in [3.8, 4) is 0 Å². The molecule has 0 saturated heterocycles. The first kappa shape index (κ1) is 16.4. The van der Waals surface area contributed by atoms with E-state index < -0.39 is 6.10 Å². The zero-order chi connectivity index (χ0) is 17.6. The quantitative estimate of drug-likeness (QED) is 0.400. The molecule has 1 aromatic carbocycles. The molecule has 3 rings (SSSR count). The summed E-state index contributed by atoms with van der Waals surface area (Å²) in [6, 6.07) is 8.74. The van der Waals surface area contributed by atoms with Crippen LogP contribution in [0.25, 0.3) is 21.6 Å². The highest BCUT2D eigenvalue weighted by molar-refractivity contribution is 6.06. The van der Waals surface area contributed by atoms with Gasteiger partial charge in [0.15, 0.2) is 17.0 Å². The van der Waals surface area contributed by atoms with Crippen molar-refractivity contribution >= 4 is 22.9 Å². The SMILES string of the molecule is [N-]=[N+]=NC[C@H](O)Cn1cnc2c(NC(=O)c3ccccc3)ncnc21. The van der Waals surface area contributed by atoms with Gasteiger partial charge in [-0.1, -0.05) is 23.3 Å². The lowest BCUT2D eigenvalue weighted by Crippen LogP contribution is -2.18. The van der Waals surface area contributed by atoms with E-state index in [9.17, 15) is 9.90 Å². The summed E-state index contributed by atoms with van der Waals surface area (Å²) in [5.74, 6) is -0.0271. The number of hydrogen-bond donors (Lipinski definition) is 2. The number of imidazole rings is 1. The number of aromatic nitrogens is 4. The highest BCUT2D eigenvalue weighted by Crippen LogP contribution is 2.18. The van der Waals surface area contributed by atoms with Crippen LogP contribution in [-0.2, 0) is 6.54 Å². The van der Waals surface area contributed by atoms with E-state index in [0.717, 1.165) is 0 Å². The van der Waals surface area contributed by atoms with E-state index in [1.165, 1.54) is 12.7 Å². The maximum Gasteiger partial charge on any atom is 0.256 e. The third-order valence-corrected chi connectivity index (χ3v) is 3.43. The summed E-state index contributed by atoms with van der Waals surface area (Å²) in [6.45, 7) is 0.0947. The molecule has 10 heteroatoms. The van der Waals surface area contributed by atoms with E-state index in [4.69, 9.17) is 5.53 Å². The molecule has 0 bridgehead atoms. The van der Waals surface area contributed by atoms with E-state index in [2.05, 4.69) is 30.3 Å². The first-order valence-corrected chi connectivity index (χ1v) is 7.40. The predicted octanol–water partition coefficient (Wildman–Crippen LogP) is 1.75. The number of nitrogens with one attached hydrogen (secondary N) is 1. The predicted molar refractivity (Wildman–Crippen MR) is 89.7 cm³/mol. The summed E-state index contributed by atoms with van der Waals surface area (Å²) in [5, 5.41) is 15.9. The Morgan fingerprint density at radius 2 is 2.12 bits per heavy atom. The monoisotopic (exact) mass is 338 g/mol. The number of nitrogens with zero attached hydrogens (tertiary/aromatic N) is 7. The molecule has 1 amide bonds. The number of aliphatic hydroxyl groups excluding tert-OH is 1. The van der Waals surface area contributed by atoms with Gasteiger partial charge >= 0.3 is 0 Å². The van der Waals surface area contributed by atoms with Gasteiger partial charge in [-0.3, -0.25) is 4.79 Å². The van der Waals surface area contributed by atoms with Gasteiger partial charge in [0.1, 0.15) is 6.33 Å². The molecule has 0 saturated carbocycles. The summed E-state index contributed by atoms with van der Waals surface area (Å²) in [5.41, 5.74) is 9.66. The van der Waals surface area contributed by atoms with E-state index in [1.807, 2.05) is 6.07 Å². The Morgan fingerprint density at radius 3 is 2.88 bits per heavy atom. The number of azide groups is 1. The molecule has 0 aliphatic heterocycles. The molecule has 2 N–H and O–H groups in total. The molecule has 0 radical (unpaired) electrons. The van der Waals surface area contributed by atoms with Crippen LogP contribution in [0, 0.1) is 0 Å². The number of benzene rings is 1. The number of fused-ring (bicyclic) bond motifs is 1. The molecular weight excluding hydrogens is 324 g/mol. The lowest BCUT2D eigenvalue weighted by Gasteiger charge is -2.09. The van der Waals surface area contributed by atoms with Crippen LogP contribution in [0.3, 0.4) is 0 Å². The van der Waals surface area contributed by atoms with Crippen LogP contribution in [0.2, 0.25) is 0 Å². The average molecular weight is 338 g/mol. The fourth-order valence-electron chi connectivity index (χ4n) is 2.29. The second kappa shape index (κ2) is 7.39. The van der Waals surface area contributed by atoms with E-state index in [0.29, 0.717) is 16.7 Å². The molecule has 2 heterocycles. The Kier molecular flexibility index (Phi) is 4.84. The maximum atomic E-state index is 12.3. The van der Waals surface area contributed by atoms with Crippen LogP contribution in [-0.4, -0.2) is 43.2 Å². The maximum absolute atomic E-state index is 12.3. The smallest absolute Gasteiger partial charge is 0.256 e. The largest absolute Gasteiger partial charge is 0.391 e. The normalized spacial score (nSPS) is 11.7. The number of rotatable bonds is 6. The standard InChI is InChI=1S/C15H14N8O2/c16-22-20-6-11(24)7-23-9-19-12-13(17-8-18-14(12)23)21-15(25)10-4-2-1-3-5-10/h1-5,8-9,11,24H,6-7H2,(H,17,18,21,25)/t11-/m0/s1. The molecule has 3 aromatic rings. The molecular formula is C15H14N8O2. The first-order valence-electron chi connectivity index (χ1n) is 7.40. The molecule has 0 spiro atoms. The van der Waals surface area contributed by atoms with E-state index in [1.54, 1.807) is 28.8 Å². The van der Waals surface area contributed by atoms with Crippen molar-refractivity contribution in [2.45, 2.75) is 12.6 Å². The van der Waals surface area contributed by atoms with Gasteiger partial charge in [-0.05, 0) is 17.7 Å². The molecule has 10 nitrogen and oxygen atoms in total. The number of anilines is 1. The van der Waals surface area contributed by atoms with Crippen LogP contribution in [0.5, 0.6) is 0 Å². The topological polar surface area (TPSA) is 142 Å². The van der Waals surface area contributed by atoms with Crippen LogP contribution >= 0.6 is 0 Å². The number of hydrogen-bond acceptors (Lipinski definition) is 6. The van der Waals surface area contributed by atoms with E-state index >= 15 is 0 Å². The molecule has 2 aromatic heterocycles. The van der Waals surface area contributed by atoms with Gasteiger partial charge in [-0.2, -0.15) is 0 Å². The van der Waals surface area contributed by atoms with Crippen molar-refractivity contribution in [1.29, 1.82) is 0 Å². The number of aliphatic hydroxyl groups is 1. The van der Waals surface area contributed by atoms with Gasteiger partial charge in [0.25, 0.3) is 5.91 Å². The van der Waals surface area contributed by atoms with Gasteiger partial charge in [-0.15, -0.1) is 0 Å². The first-order chi connectivity index (χ1) is 12.2. The lowest BCUT2D eigenvalue weighted by molar-refractivity contribution is 0.102. The van der Waals surface area contributed by atoms with Crippen molar-refractivity contribution in [3.63, 3.8) is 0 Å². The van der Waals surface area contributed by atoms with Crippen LogP contribution in [0.15, 0.2) is 48.1 Å². The molecule has 0 fully saturated rings. The molecule has 25 heavy (non-hydrogen) atoms. The van der Waals surface area contributed by atoms with Gasteiger partial charge in [0.2, 0.25) is 0 Å². The minimum absolute atomic E-state index is 0.0567. The molecule has 0 aliphatic rings. The highest BCUT2D eigenvalue weighted by Gasteiger charge is 2.15. The third kappa shape index (κ3) is 3.71. The van der Waals surface area contributed by atoms with Crippen molar-refractivity contribution in [2.24, 2.45) is 5.11 Å². The van der Waals surface area contributed by atoms with Crippen molar-refractivity contribution in [1.82, 2.24) is 19.5 Å². The Hall–Kier alpha value is -3.49. The van der Waals surface area contributed by atoms with Gasteiger partial charge in [-0.25, -0.2) is 15.0 Å². The van der Waals surface area contributed by atoms with Crippen molar-refractivity contribution < 1.29 is 9.90 Å². The summed E-state index contributed by atoms with van der Waals surface area (Å²) in [6.07, 6.45) is 1.92. The Morgan fingerprint density at radius 1 is 1.32 bits per heavy atom. The molecule has 126 valence electrons. The van der Waals surface area contributed by atoms with E-state index in [-0.39, 0.29) is 24.8 Å². The van der Waals surface area contributed by atoms with Crippen LogP contribution in [0.4, 0.5) is 5.82 Å². The summed E-state index contributed by atoms with van der Waals surface area (Å²) < 4.78 is 1.60. The fraction of sp³-hybridized carbons (Fsp3) is 0.200. The van der Waals surface area contributed by atoms with Gasteiger partial charge in [0, 0.05) is 10.5 Å². The average Bonchev–Trinajstić information content (AvgIpc) is 3.04. The number of carbonyl (C=O) groups is 1. The number of carbonyl (C=O) groups excluding carboxylic acids is 1. The zero-order valence-electron chi connectivity index (χ0n) is 13.0. The highest BCUT2D eigenvalue weighted by atomic mass is 16.3. The van der Waals surface area contributed by atoms with Crippen LogP contribution < -0.4 is 5.32 Å². The summed E-state index contributed by atoms with van der Waals surface area (Å²) >= 11 is 0. The molecule has 0 aliphatic carbocycles. The Bertz CT molecular complexity index is 933. The second-order valence-electron chi connectivity index (χ2n) is 5.18. The molecule has 0 unspecified atom stereocenters. The Balaban J connectivity index is 1.83. The van der Waals surface area contributed by atoms with Crippen molar-refractivity contribution in [3.05, 3.63) is 59.0 Å². The minimum atomic E-state index is -0.870. The summed E-state index contributed by atoms with van der Waals surface area (Å²) in [7, 11) is 0. The van der Waals surface area contributed by atoms with Crippen LogP contribution in [0.1, 0.15) is 10.4 Å². The second-order valence-corrected chi connectivity index (χ2v) is 5.18. The van der Waals surface area contributed by atoms with Gasteiger partial charge < -0.3 is 15.0 Å². The Labute approximate surface area is 141 Å². The number of amides is 1. The zero-order valence-corrected chi connectivity index (χ0v) is 13.0. The van der Waals surface area contributed by atoms with Gasteiger partial charge in [0.05, 0.1) is 25.5 Å². The fourth-order valence-corrected chi connectivity index (χ4v) is 2.29. The third-order valence-electron chi connectivity index (χ3n) is 3.43. The molecule has 1 atom stereocenters. The minimum Gasteiger partial charge on any atom is -0.391 e. The van der Waals surface area contributed by atoms with Crippen molar-refractivity contribution in [2.75, 3.05) is 11.9 Å². The summed E-state index contributed by atoms with van der Waals surface area (Å²) in [4.78, 5) is 27.3. The lowest BCUT2D eigenvalue weighted by atomic mass is 10.2.